The quantitative estimate of drug-likeness (QED) is 0.260. The molecule has 1 saturated heterocycles. The minimum atomic E-state index is -0.858. The number of phenols is 1. The van der Waals surface area contributed by atoms with E-state index in [1.54, 1.807) is 36.4 Å². The molecule has 9 heteroatoms. The number of ketones is 1. The summed E-state index contributed by atoms with van der Waals surface area (Å²) in [6.07, 6.45) is 1.46. The molecule has 2 aromatic rings. The summed E-state index contributed by atoms with van der Waals surface area (Å²) in [6, 6.07) is 9.15. The third-order valence-electron chi connectivity index (χ3n) is 5.71. The first-order valence-electron chi connectivity index (χ1n) is 11.4. The Morgan fingerprint density at radius 3 is 2.60 bits per heavy atom. The molecule has 2 N–H and O–H groups in total. The predicted molar refractivity (Wildman–Crippen MR) is 137 cm³/mol. The summed E-state index contributed by atoms with van der Waals surface area (Å²) < 4.78 is 11.3. The summed E-state index contributed by atoms with van der Waals surface area (Å²) in [4.78, 5) is 29.8. The van der Waals surface area contributed by atoms with Gasteiger partial charge in [-0.2, -0.15) is 0 Å². The van der Waals surface area contributed by atoms with Crippen molar-refractivity contribution in [3.8, 4) is 17.2 Å². The molecule has 0 aliphatic carbocycles. The van der Waals surface area contributed by atoms with Crippen LogP contribution in [0.5, 0.6) is 17.2 Å². The van der Waals surface area contributed by atoms with E-state index in [0.29, 0.717) is 40.9 Å². The van der Waals surface area contributed by atoms with Gasteiger partial charge in [0, 0.05) is 12.1 Å². The zero-order valence-electron chi connectivity index (χ0n) is 20.4. The Hall–Kier alpha value is -3.04. The van der Waals surface area contributed by atoms with Gasteiger partial charge in [0.25, 0.3) is 11.7 Å². The number of methoxy groups -OCH3 is 1. The first-order valence-corrected chi connectivity index (χ1v) is 12.2. The highest BCUT2D eigenvalue weighted by atomic mass is 79.9. The van der Waals surface area contributed by atoms with Gasteiger partial charge < -0.3 is 29.5 Å². The number of benzene rings is 2. The number of rotatable bonds is 10. The number of hydrogen-bond acceptors (Lipinski definition) is 7. The topological polar surface area (TPSA) is 99.5 Å². The molecule has 1 atom stereocenters. The number of carbonyl (C=O) groups is 2. The summed E-state index contributed by atoms with van der Waals surface area (Å²) in [5.41, 5.74) is 0.877. The van der Waals surface area contributed by atoms with Crippen molar-refractivity contribution in [3.63, 3.8) is 0 Å². The normalized spacial score (nSPS) is 17.3. The highest BCUT2D eigenvalue weighted by Gasteiger charge is 2.46. The van der Waals surface area contributed by atoms with Crippen LogP contribution in [0.2, 0.25) is 0 Å². The molecule has 0 radical (unpaired) electrons. The van der Waals surface area contributed by atoms with Crippen LogP contribution in [0.25, 0.3) is 5.76 Å². The lowest BCUT2D eigenvalue weighted by molar-refractivity contribution is -0.139. The van der Waals surface area contributed by atoms with Crippen LogP contribution in [-0.2, 0) is 9.59 Å². The van der Waals surface area contributed by atoms with E-state index in [1.165, 1.54) is 12.0 Å². The van der Waals surface area contributed by atoms with E-state index in [9.17, 15) is 19.8 Å². The van der Waals surface area contributed by atoms with Crippen LogP contribution in [-0.4, -0.2) is 72.6 Å². The third-order valence-corrected chi connectivity index (χ3v) is 6.32. The van der Waals surface area contributed by atoms with Crippen molar-refractivity contribution in [2.45, 2.75) is 25.8 Å². The molecule has 1 heterocycles. The van der Waals surface area contributed by atoms with E-state index in [1.807, 2.05) is 25.9 Å². The predicted octanol–water partition coefficient (Wildman–Crippen LogP) is 4.33. The average molecular weight is 547 g/mol. The van der Waals surface area contributed by atoms with Crippen molar-refractivity contribution in [1.82, 2.24) is 9.80 Å². The molecule has 8 nitrogen and oxygen atoms in total. The second-order valence-corrected chi connectivity index (χ2v) is 9.43. The zero-order valence-corrected chi connectivity index (χ0v) is 22.0. The molecule has 3 rings (SSSR count). The molecular weight excluding hydrogens is 516 g/mol. The average Bonchev–Trinajstić information content (AvgIpc) is 3.09. The van der Waals surface area contributed by atoms with Crippen molar-refractivity contribution in [2.75, 3.05) is 40.9 Å². The fourth-order valence-electron chi connectivity index (χ4n) is 4.03. The van der Waals surface area contributed by atoms with Crippen molar-refractivity contribution in [2.24, 2.45) is 0 Å². The van der Waals surface area contributed by atoms with Crippen molar-refractivity contribution in [3.05, 3.63) is 57.6 Å². The van der Waals surface area contributed by atoms with E-state index in [0.717, 1.165) is 13.0 Å². The van der Waals surface area contributed by atoms with Gasteiger partial charge in [-0.15, -0.1) is 0 Å². The summed E-state index contributed by atoms with van der Waals surface area (Å²) in [5, 5.41) is 21.6. The Morgan fingerprint density at radius 2 is 1.94 bits per heavy atom. The molecule has 0 aromatic heterocycles. The summed E-state index contributed by atoms with van der Waals surface area (Å²) in [7, 11) is 5.28. The molecule has 1 aliphatic heterocycles. The molecule has 1 fully saturated rings. The number of Topliss-reactive ketones (excluding diaryl/α,β-unsaturated/α-hetero) is 1. The Kier molecular flexibility index (Phi) is 8.80. The maximum Gasteiger partial charge on any atom is 0.295 e. The number of nitrogens with zero attached hydrogens (tertiary/aromatic N) is 2. The molecular formula is C26H31BrN2O6. The Bertz CT molecular complexity index is 1130. The van der Waals surface area contributed by atoms with Crippen LogP contribution in [0.4, 0.5) is 0 Å². The highest BCUT2D eigenvalue weighted by molar-refractivity contribution is 9.10. The molecule has 0 spiro atoms. The van der Waals surface area contributed by atoms with Gasteiger partial charge in [-0.3, -0.25) is 9.59 Å². The second kappa shape index (κ2) is 11.6. The van der Waals surface area contributed by atoms with Gasteiger partial charge in [-0.25, -0.2) is 0 Å². The minimum absolute atomic E-state index is 0.0212. The zero-order chi connectivity index (χ0) is 25.7. The summed E-state index contributed by atoms with van der Waals surface area (Å²) >= 11 is 3.32. The molecule has 2 aromatic carbocycles. The molecule has 35 heavy (non-hydrogen) atoms. The number of aromatic hydroxyl groups is 1. The standard InChI is InChI=1S/C26H31BrN2O6/c1-5-12-35-18-9-6-8-16(13-18)23(30)21-22(17-14-19(27)24(31)20(15-17)34-4)29(26(33)25(21)32)11-7-10-28(2)3/h6,8-9,13-15,22,30-31H,5,7,10-12H2,1-4H3/b23-21+. The van der Waals surface area contributed by atoms with Crippen LogP contribution in [0.3, 0.4) is 0 Å². The Balaban J connectivity index is 2.15. The first kappa shape index (κ1) is 26.6. The molecule has 1 unspecified atom stereocenters. The fourth-order valence-corrected chi connectivity index (χ4v) is 4.49. The fraction of sp³-hybridized carbons (Fsp3) is 0.385. The number of hydrogen-bond donors (Lipinski definition) is 2. The molecule has 0 bridgehead atoms. The van der Waals surface area contributed by atoms with E-state index in [-0.39, 0.29) is 22.8 Å². The monoisotopic (exact) mass is 546 g/mol. The van der Waals surface area contributed by atoms with Gasteiger partial charge in [0.2, 0.25) is 0 Å². The molecule has 0 saturated carbocycles. The first-order chi connectivity index (χ1) is 16.7. The maximum atomic E-state index is 13.2. The second-order valence-electron chi connectivity index (χ2n) is 8.58. The van der Waals surface area contributed by atoms with E-state index in [2.05, 4.69) is 15.9 Å². The smallest absolute Gasteiger partial charge is 0.295 e. The largest absolute Gasteiger partial charge is 0.507 e. The number of halogens is 1. The summed E-state index contributed by atoms with van der Waals surface area (Å²) in [6.45, 7) is 3.53. The lowest BCUT2D eigenvalue weighted by Crippen LogP contribution is -2.32. The number of phenolic OH excluding ortho intramolecular Hbond substituents is 1. The summed E-state index contributed by atoms with van der Waals surface area (Å²) in [5.74, 6) is -1.09. The Morgan fingerprint density at radius 1 is 1.20 bits per heavy atom. The number of carbonyl (C=O) groups excluding carboxylic acids is 2. The van der Waals surface area contributed by atoms with Crippen LogP contribution in [0.15, 0.2) is 46.4 Å². The van der Waals surface area contributed by atoms with E-state index in [4.69, 9.17) is 9.47 Å². The van der Waals surface area contributed by atoms with Gasteiger partial charge in [0.1, 0.15) is 11.5 Å². The van der Waals surface area contributed by atoms with Crippen molar-refractivity contribution in [1.29, 1.82) is 0 Å². The third kappa shape index (κ3) is 5.79. The lowest BCUT2D eigenvalue weighted by Gasteiger charge is -2.26. The SMILES string of the molecule is CCCOc1cccc(/C(O)=C2\C(=O)C(=O)N(CCCN(C)C)C2c2cc(Br)c(O)c(OC)c2)c1. The van der Waals surface area contributed by atoms with Crippen molar-refractivity contribution < 1.29 is 29.3 Å². The van der Waals surface area contributed by atoms with Crippen molar-refractivity contribution >= 4 is 33.4 Å². The van der Waals surface area contributed by atoms with Crippen LogP contribution in [0, 0.1) is 0 Å². The van der Waals surface area contributed by atoms with Gasteiger partial charge >= 0.3 is 0 Å². The number of ether oxygens (including phenoxy) is 2. The van der Waals surface area contributed by atoms with Gasteiger partial charge in [-0.1, -0.05) is 19.1 Å². The van der Waals surface area contributed by atoms with Crippen LogP contribution in [0.1, 0.15) is 36.9 Å². The maximum absolute atomic E-state index is 13.2. The van der Waals surface area contributed by atoms with Gasteiger partial charge in [0.15, 0.2) is 11.5 Å². The minimum Gasteiger partial charge on any atom is -0.507 e. The lowest BCUT2D eigenvalue weighted by atomic mass is 9.95. The van der Waals surface area contributed by atoms with Gasteiger partial charge in [-0.05, 0) is 79.2 Å². The van der Waals surface area contributed by atoms with E-state index >= 15 is 0 Å². The number of likely N-dealkylation sites (tertiary alicyclic amines) is 1. The molecule has 188 valence electrons. The number of aliphatic hydroxyl groups excluding tert-OH is 1. The van der Waals surface area contributed by atoms with Crippen LogP contribution < -0.4 is 9.47 Å². The Labute approximate surface area is 213 Å². The highest BCUT2D eigenvalue weighted by Crippen LogP contribution is 2.44. The van der Waals surface area contributed by atoms with Crippen LogP contribution >= 0.6 is 15.9 Å². The number of aliphatic hydroxyl groups is 1. The van der Waals surface area contributed by atoms with E-state index < -0.39 is 17.7 Å². The molecule has 1 amide bonds. The molecule has 1 aliphatic rings. The van der Waals surface area contributed by atoms with Gasteiger partial charge in [0.05, 0.1) is 29.8 Å². The number of amides is 1.